The number of hydrogen-bond acceptors (Lipinski definition) is 2. The normalized spacial score (nSPS) is 15.7. The van der Waals surface area contributed by atoms with Crippen LogP contribution in [-0.2, 0) is 0 Å². The van der Waals surface area contributed by atoms with Crippen molar-refractivity contribution in [3.63, 3.8) is 0 Å². The molecule has 4 nitrogen and oxygen atoms in total. The van der Waals surface area contributed by atoms with Crippen LogP contribution in [0.15, 0.2) is 40.9 Å². The zero-order valence-corrected chi connectivity index (χ0v) is 12.1. The van der Waals surface area contributed by atoms with Crippen LogP contribution in [-0.4, -0.2) is 19.6 Å². The minimum absolute atomic E-state index is 0.453. The second-order valence-electron chi connectivity index (χ2n) is 4.98. The van der Waals surface area contributed by atoms with E-state index >= 15 is 0 Å². The summed E-state index contributed by atoms with van der Waals surface area (Å²) in [5, 5.41) is 3.08. The first-order chi connectivity index (χ1) is 9.78. The molecule has 1 aromatic rings. The molecule has 1 aliphatic rings. The molecule has 1 aromatic carbocycles. The Morgan fingerprint density at radius 3 is 3.05 bits per heavy atom. The third-order valence-electron chi connectivity index (χ3n) is 3.44. The minimum Gasteiger partial charge on any atom is -0.497 e. The topological polar surface area (TPSA) is 59.6 Å². The van der Waals surface area contributed by atoms with Crippen LogP contribution < -0.4 is 15.8 Å². The van der Waals surface area contributed by atoms with Crippen molar-refractivity contribution in [3.8, 4) is 5.75 Å². The summed E-state index contributed by atoms with van der Waals surface area (Å²) in [6.45, 7) is 0.745. The van der Waals surface area contributed by atoms with Crippen LogP contribution in [0.3, 0.4) is 0 Å². The average molecular weight is 273 g/mol. The maximum atomic E-state index is 5.89. The van der Waals surface area contributed by atoms with Gasteiger partial charge in [0.15, 0.2) is 5.96 Å². The monoisotopic (exact) mass is 273 g/mol. The fourth-order valence-corrected chi connectivity index (χ4v) is 2.34. The molecule has 108 valence electrons. The van der Waals surface area contributed by atoms with E-state index in [1.165, 1.54) is 31.3 Å². The maximum absolute atomic E-state index is 5.89. The van der Waals surface area contributed by atoms with E-state index in [1.54, 1.807) is 7.11 Å². The molecule has 0 spiro atoms. The molecule has 0 amide bonds. The molecule has 0 radical (unpaired) electrons. The molecule has 0 fully saturated rings. The summed E-state index contributed by atoms with van der Waals surface area (Å²) in [5.41, 5.74) is 8.31. The first kappa shape index (κ1) is 14.4. The van der Waals surface area contributed by atoms with Crippen molar-refractivity contribution in [3.05, 3.63) is 35.9 Å². The summed E-state index contributed by atoms with van der Waals surface area (Å²) < 4.78 is 5.17. The Morgan fingerprint density at radius 1 is 1.40 bits per heavy atom. The van der Waals surface area contributed by atoms with Gasteiger partial charge in [-0.25, -0.2) is 0 Å². The fraction of sp³-hybridized carbons (Fsp3) is 0.438. The Bertz CT molecular complexity index is 494. The molecule has 0 atom stereocenters. The third-order valence-corrected chi connectivity index (χ3v) is 3.44. The smallest absolute Gasteiger partial charge is 0.193 e. The standard InChI is InChI=1S/C16H23N3O/c1-20-15-9-5-8-14(12-15)19-16(17)18-11-10-13-6-3-2-4-7-13/h5-6,8-9,12H,2-4,7,10-11H2,1H3,(H3,17,18,19). The van der Waals surface area contributed by atoms with Crippen molar-refractivity contribution in [2.24, 2.45) is 10.7 Å². The van der Waals surface area contributed by atoms with Gasteiger partial charge in [0.05, 0.1) is 7.11 Å². The Morgan fingerprint density at radius 2 is 2.30 bits per heavy atom. The lowest BCUT2D eigenvalue weighted by Crippen LogP contribution is -2.22. The van der Waals surface area contributed by atoms with Crippen LogP contribution in [0.25, 0.3) is 0 Å². The zero-order chi connectivity index (χ0) is 14.2. The minimum atomic E-state index is 0.453. The van der Waals surface area contributed by atoms with Gasteiger partial charge in [0, 0.05) is 18.3 Å². The van der Waals surface area contributed by atoms with E-state index in [0.29, 0.717) is 5.96 Å². The van der Waals surface area contributed by atoms with E-state index in [4.69, 9.17) is 10.5 Å². The molecule has 2 rings (SSSR count). The van der Waals surface area contributed by atoms with Crippen molar-refractivity contribution in [2.45, 2.75) is 32.1 Å². The fourth-order valence-electron chi connectivity index (χ4n) is 2.34. The lowest BCUT2D eigenvalue weighted by Gasteiger charge is -2.11. The zero-order valence-electron chi connectivity index (χ0n) is 12.1. The lowest BCUT2D eigenvalue weighted by atomic mass is 9.97. The number of anilines is 1. The SMILES string of the molecule is COc1cccc(NC(N)=NCCC2=CCCCC2)c1. The Hall–Kier alpha value is -1.97. The summed E-state index contributed by atoms with van der Waals surface area (Å²) >= 11 is 0. The van der Waals surface area contributed by atoms with Crippen LogP contribution in [0.5, 0.6) is 5.75 Å². The van der Waals surface area contributed by atoms with E-state index in [-0.39, 0.29) is 0 Å². The molecule has 3 N–H and O–H groups in total. The van der Waals surface area contributed by atoms with E-state index in [9.17, 15) is 0 Å². The number of benzene rings is 1. The van der Waals surface area contributed by atoms with Crippen molar-refractivity contribution in [1.29, 1.82) is 0 Å². The molecule has 0 aromatic heterocycles. The van der Waals surface area contributed by atoms with Gasteiger partial charge in [-0.1, -0.05) is 17.7 Å². The Kier molecular flexibility index (Phi) is 5.47. The van der Waals surface area contributed by atoms with Gasteiger partial charge in [-0.2, -0.15) is 0 Å². The van der Waals surface area contributed by atoms with Gasteiger partial charge < -0.3 is 15.8 Å². The highest BCUT2D eigenvalue weighted by molar-refractivity contribution is 5.92. The van der Waals surface area contributed by atoms with Gasteiger partial charge in [0.2, 0.25) is 0 Å². The summed E-state index contributed by atoms with van der Waals surface area (Å²) in [5.74, 6) is 1.25. The number of guanidine groups is 1. The highest BCUT2D eigenvalue weighted by atomic mass is 16.5. The predicted octanol–water partition coefficient (Wildman–Crippen LogP) is 3.31. The number of hydrogen-bond donors (Lipinski definition) is 2. The van der Waals surface area contributed by atoms with Gasteiger partial charge in [-0.3, -0.25) is 4.99 Å². The molecule has 0 bridgehead atoms. The predicted molar refractivity (Wildman–Crippen MR) is 84.3 cm³/mol. The van der Waals surface area contributed by atoms with Gasteiger partial charge in [0.25, 0.3) is 0 Å². The number of nitrogens with one attached hydrogen (secondary N) is 1. The quantitative estimate of drug-likeness (QED) is 0.491. The van der Waals surface area contributed by atoms with Gasteiger partial charge in [-0.05, 0) is 44.2 Å². The highest BCUT2D eigenvalue weighted by Crippen LogP contribution is 2.20. The number of allylic oxidation sites excluding steroid dienone is 1. The van der Waals surface area contributed by atoms with E-state index in [0.717, 1.165) is 24.4 Å². The summed E-state index contributed by atoms with van der Waals surface area (Å²) in [7, 11) is 1.65. The largest absolute Gasteiger partial charge is 0.497 e. The Balaban J connectivity index is 1.82. The first-order valence-electron chi connectivity index (χ1n) is 7.17. The lowest BCUT2D eigenvalue weighted by molar-refractivity contribution is 0.415. The molecule has 0 unspecified atom stereocenters. The number of aliphatic imine (C=N–C) groups is 1. The second-order valence-corrected chi connectivity index (χ2v) is 4.98. The van der Waals surface area contributed by atoms with Crippen LogP contribution >= 0.6 is 0 Å². The number of ether oxygens (including phenoxy) is 1. The van der Waals surface area contributed by atoms with Crippen LogP contribution in [0, 0.1) is 0 Å². The molecule has 0 saturated heterocycles. The van der Waals surface area contributed by atoms with E-state index in [2.05, 4.69) is 16.4 Å². The van der Waals surface area contributed by atoms with Crippen LogP contribution in [0.4, 0.5) is 5.69 Å². The van der Waals surface area contributed by atoms with Gasteiger partial charge in [0.1, 0.15) is 5.75 Å². The van der Waals surface area contributed by atoms with Crippen molar-refractivity contribution >= 4 is 11.6 Å². The molecule has 20 heavy (non-hydrogen) atoms. The summed E-state index contributed by atoms with van der Waals surface area (Å²) in [4.78, 5) is 4.37. The molecule has 0 heterocycles. The Labute approximate surface area is 120 Å². The van der Waals surface area contributed by atoms with Gasteiger partial charge in [-0.15, -0.1) is 0 Å². The second kappa shape index (κ2) is 7.58. The number of nitrogens with zero attached hydrogens (tertiary/aromatic N) is 1. The third kappa shape index (κ3) is 4.61. The van der Waals surface area contributed by atoms with Crippen molar-refractivity contribution in [2.75, 3.05) is 19.0 Å². The number of rotatable bonds is 5. The maximum Gasteiger partial charge on any atom is 0.193 e. The average Bonchev–Trinajstić information content (AvgIpc) is 2.48. The molecule has 4 heteroatoms. The number of methoxy groups -OCH3 is 1. The van der Waals surface area contributed by atoms with Crippen LogP contribution in [0.2, 0.25) is 0 Å². The first-order valence-corrected chi connectivity index (χ1v) is 7.17. The molecule has 1 aliphatic carbocycles. The summed E-state index contributed by atoms with van der Waals surface area (Å²) in [6.07, 6.45) is 8.44. The molecular weight excluding hydrogens is 250 g/mol. The van der Waals surface area contributed by atoms with Crippen molar-refractivity contribution < 1.29 is 4.74 Å². The molecular formula is C16H23N3O. The van der Waals surface area contributed by atoms with Crippen molar-refractivity contribution in [1.82, 2.24) is 0 Å². The van der Waals surface area contributed by atoms with Gasteiger partial charge >= 0.3 is 0 Å². The van der Waals surface area contributed by atoms with E-state index < -0.39 is 0 Å². The molecule has 0 aliphatic heterocycles. The summed E-state index contributed by atoms with van der Waals surface area (Å²) in [6, 6.07) is 7.65. The highest BCUT2D eigenvalue weighted by Gasteiger charge is 2.03. The molecule has 0 saturated carbocycles. The van der Waals surface area contributed by atoms with E-state index in [1.807, 2.05) is 24.3 Å². The number of nitrogens with two attached hydrogens (primary N) is 1. The van der Waals surface area contributed by atoms with Crippen LogP contribution in [0.1, 0.15) is 32.1 Å².